The van der Waals surface area contributed by atoms with Gasteiger partial charge in [-0.15, -0.1) is 0 Å². The molecule has 1 heterocycles. The summed E-state index contributed by atoms with van der Waals surface area (Å²) in [6, 6.07) is 1.36. The van der Waals surface area contributed by atoms with Crippen LogP contribution in [0.25, 0.3) is 0 Å². The van der Waals surface area contributed by atoms with Gasteiger partial charge in [-0.2, -0.15) is 0 Å². The maximum absolute atomic E-state index is 10.9. The summed E-state index contributed by atoms with van der Waals surface area (Å²) in [7, 11) is 0. The minimum atomic E-state index is -0.550. The van der Waals surface area contributed by atoms with Crippen LogP contribution in [0.15, 0.2) is 10.6 Å². The van der Waals surface area contributed by atoms with Gasteiger partial charge in [0.25, 0.3) is 0 Å². The molecule has 0 bridgehead atoms. The molecule has 0 amide bonds. The van der Waals surface area contributed by atoms with Crippen molar-refractivity contribution in [3.8, 4) is 0 Å². The largest absolute Gasteiger partial charge is 0.460 e. The molecule has 0 spiro atoms. The monoisotopic (exact) mass is 171 g/mol. The number of anilines is 1. The van der Waals surface area contributed by atoms with Crippen LogP contribution < -0.4 is 11.3 Å². The van der Waals surface area contributed by atoms with Gasteiger partial charge in [0.05, 0.1) is 6.61 Å². The number of hydrogen-bond acceptors (Lipinski definition) is 6. The molecular formula is C6H9N3O3. The molecule has 0 saturated carbocycles. The standard InChI is InChI=1S/C6H9N3O3/c1-2-11-6(10)4-3-5(8-7)9-12-4/h3H,2,7H2,1H3,(H,8,9). The van der Waals surface area contributed by atoms with Gasteiger partial charge in [0.2, 0.25) is 5.76 Å². The summed E-state index contributed by atoms with van der Waals surface area (Å²) in [5, 5.41) is 3.43. The topological polar surface area (TPSA) is 90.4 Å². The van der Waals surface area contributed by atoms with Crippen LogP contribution in [0.2, 0.25) is 0 Å². The van der Waals surface area contributed by atoms with E-state index < -0.39 is 5.97 Å². The van der Waals surface area contributed by atoms with Gasteiger partial charge in [0.1, 0.15) is 0 Å². The molecule has 0 radical (unpaired) electrons. The van der Waals surface area contributed by atoms with E-state index in [9.17, 15) is 4.79 Å². The van der Waals surface area contributed by atoms with E-state index in [1.807, 2.05) is 0 Å². The quantitative estimate of drug-likeness (QED) is 0.382. The second kappa shape index (κ2) is 3.72. The van der Waals surface area contributed by atoms with E-state index in [4.69, 9.17) is 5.84 Å². The smallest absolute Gasteiger partial charge is 0.377 e. The molecule has 3 N–H and O–H groups in total. The van der Waals surface area contributed by atoms with Crippen molar-refractivity contribution in [1.82, 2.24) is 5.16 Å². The summed E-state index contributed by atoms with van der Waals surface area (Å²) in [6.07, 6.45) is 0. The van der Waals surface area contributed by atoms with Crippen molar-refractivity contribution in [2.45, 2.75) is 6.92 Å². The number of carbonyl (C=O) groups is 1. The number of esters is 1. The highest BCUT2D eigenvalue weighted by molar-refractivity contribution is 5.86. The van der Waals surface area contributed by atoms with E-state index >= 15 is 0 Å². The summed E-state index contributed by atoms with van der Waals surface area (Å²) in [5.74, 6) is 4.79. The Labute approximate surface area is 68.6 Å². The van der Waals surface area contributed by atoms with Gasteiger partial charge < -0.3 is 14.7 Å². The van der Waals surface area contributed by atoms with Crippen LogP contribution in [0.5, 0.6) is 0 Å². The lowest BCUT2D eigenvalue weighted by molar-refractivity contribution is 0.0480. The molecule has 6 heteroatoms. The van der Waals surface area contributed by atoms with Gasteiger partial charge in [0.15, 0.2) is 5.82 Å². The Kier molecular flexibility index (Phi) is 2.65. The van der Waals surface area contributed by atoms with Crippen LogP contribution >= 0.6 is 0 Å². The second-order valence-electron chi connectivity index (χ2n) is 1.94. The lowest BCUT2D eigenvalue weighted by atomic mass is 10.4. The first-order valence-corrected chi connectivity index (χ1v) is 3.38. The molecule has 0 aliphatic rings. The highest BCUT2D eigenvalue weighted by Gasteiger charge is 2.12. The van der Waals surface area contributed by atoms with Crippen LogP contribution in [-0.4, -0.2) is 17.7 Å². The molecule has 0 saturated heterocycles. The molecule has 0 atom stereocenters. The molecule has 0 fully saturated rings. The Hall–Kier alpha value is -1.56. The van der Waals surface area contributed by atoms with Crippen molar-refractivity contribution in [1.29, 1.82) is 0 Å². The van der Waals surface area contributed by atoms with Crippen molar-refractivity contribution < 1.29 is 14.1 Å². The van der Waals surface area contributed by atoms with Crippen molar-refractivity contribution >= 4 is 11.8 Å². The lowest BCUT2D eigenvalue weighted by Crippen LogP contribution is -2.06. The first kappa shape index (κ1) is 8.54. The minimum absolute atomic E-state index is 0.0322. The molecule has 1 aromatic rings. The van der Waals surface area contributed by atoms with Gasteiger partial charge in [-0.05, 0) is 6.92 Å². The number of hydrogen-bond donors (Lipinski definition) is 2. The fourth-order valence-electron chi connectivity index (χ4n) is 0.642. The van der Waals surface area contributed by atoms with Crippen LogP contribution in [0.3, 0.4) is 0 Å². The van der Waals surface area contributed by atoms with Crippen LogP contribution in [0.1, 0.15) is 17.5 Å². The van der Waals surface area contributed by atoms with Crippen molar-refractivity contribution in [3.63, 3.8) is 0 Å². The van der Waals surface area contributed by atoms with E-state index in [2.05, 4.69) is 19.8 Å². The Bertz CT molecular complexity index is 271. The SMILES string of the molecule is CCOC(=O)c1cc(NN)no1. The number of rotatable bonds is 3. The van der Waals surface area contributed by atoms with Crippen LogP contribution in [0, 0.1) is 0 Å². The number of nitrogens with one attached hydrogen (secondary N) is 1. The van der Waals surface area contributed by atoms with Gasteiger partial charge in [0, 0.05) is 6.07 Å². The number of aromatic nitrogens is 1. The number of nitrogen functional groups attached to an aromatic ring is 1. The third-order valence-electron chi connectivity index (χ3n) is 1.13. The predicted molar refractivity (Wildman–Crippen MR) is 40.3 cm³/mol. The van der Waals surface area contributed by atoms with Crippen molar-refractivity contribution in [3.05, 3.63) is 11.8 Å². The number of nitrogens with zero attached hydrogens (tertiary/aromatic N) is 1. The first-order valence-electron chi connectivity index (χ1n) is 3.38. The Balaban J connectivity index is 2.68. The van der Waals surface area contributed by atoms with Gasteiger partial charge >= 0.3 is 5.97 Å². The number of carbonyl (C=O) groups excluding carboxylic acids is 1. The molecule has 66 valence electrons. The van der Waals surface area contributed by atoms with Crippen LogP contribution in [-0.2, 0) is 4.74 Å². The zero-order chi connectivity index (χ0) is 8.97. The van der Waals surface area contributed by atoms with E-state index in [1.54, 1.807) is 6.92 Å². The molecule has 1 aromatic heterocycles. The summed E-state index contributed by atoms with van der Waals surface area (Å²) in [5.41, 5.74) is 2.23. The van der Waals surface area contributed by atoms with Crippen LogP contribution in [0.4, 0.5) is 5.82 Å². The van der Waals surface area contributed by atoms with E-state index in [0.717, 1.165) is 0 Å². The number of ether oxygens (including phenoxy) is 1. The van der Waals surface area contributed by atoms with Gasteiger partial charge in [-0.3, -0.25) is 0 Å². The maximum atomic E-state index is 10.9. The molecule has 0 aromatic carbocycles. The first-order chi connectivity index (χ1) is 5.77. The third-order valence-corrected chi connectivity index (χ3v) is 1.13. The van der Waals surface area contributed by atoms with E-state index in [1.165, 1.54) is 6.07 Å². The normalized spacial score (nSPS) is 9.50. The molecule has 0 aliphatic carbocycles. The van der Waals surface area contributed by atoms with Crippen molar-refractivity contribution in [2.24, 2.45) is 5.84 Å². The number of nitrogens with two attached hydrogens (primary N) is 1. The minimum Gasteiger partial charge on any atom is -0.460 e. The molecule has 0 aliphatic heterocycles. The van der Waals surface area contributed by atoms with E-state index in [-0.39, 0.29) is 11.6 Å². The second-order valence-corrected chi connectivity index (χ2v) is 1.94. The summed E-state index contributed by atoms with van der Waals surface area (Å²) in [6.45, 7) is 2.00. The fourth-order valence-corrected chi connectivity index (χ4v) is 0.642. The molecular weight excluding hydrogens is 162 g/mol. The molecule has 0 unspecified atom stereocenters. The predicted octanol–water partition coefficient (Wildman–Crippen LogP) is 0.137. The van der Waals surface area contributed by atoms with Crippen molar-refractivity contribution in [2.75, 3.05) is 12.0 Å². The van der Waals surface area contributed by atoms with Gasteiger partial charge in [-0.25, -0.2) is 10.6 Å². The van der Waals surface area contributed by atoms with Gasteiger partial charge in [-0.1, -0.05) is 5.16 Å². The zero-order valence-corrected chi connectivity index (χ0v) is 6.53. The Morgan fingerprint density at radius 1 is 1.92 bits per heavy atom. The Morgan fingerprint density at radius 3 is 3.17 bits per heavy atom. The molecule has 1 rings (SSSR count). The average molecular weight is 171 g/mol. The highest BCUT2D eigenvalue weighted by Crippen LogP contribution is 2.07. The molecule has 12 heavy (non-hydrogen) atoms. The zero-order valence-electron chi connectivity index (χ0n) is 6.53. The lowest BCUT2D eigenvalue weighted by Gasteiger charge is -1.94. The average Bonchev–Trinajstić information content (AvgIpc) is 2.52. The summed E-state index contributed by atoms with van der Waals surface area (Å²) in [4.78, 5) is 10.9. The summed E-state index contributed by atoms with van der Waals surface area (Å²) >= 11 is 0. The molecule has 6 nitrogen and oxygen atoms in total. The van der Waals surface area contributed by atoms with E-state index in [0.29, 0.717) is 6.61 Å². The fraction of sp³-hybridized carbons (Fsp3) is 0.333. The third kappa shape index (κ3) is 1.73. The Morgan fingerprint density at radius 2 is 2.67 bits per heavy atom. The summed E-state index contributed by atoms with van der Waals surface area (Å²) < 4.78 is 9.25. The maximum Gasteiger partial charge on any atom is 0.377 e. The highest BCUT2D eigenvalue weighted by atomic mass is 16.6. The number of hydrazine groups is 1.